The maximum absolute atomic E-state index is 12.9. The Morgan fingerprint density at radius 1 is 1.19 bits per heavy atom. The van der Waals surface area contributed by atoms with Gasteiger partial charge in [-0.05, 0) is 56.1 Å². The van der Waals surface area contributed by atoms with Crippen LogP contribution >= 0.6 is 0 Å². The standard InChI is InChI=1S/C15H18FN3O2/c16-13-3-1-12(2-4-13)15-18-17-14(21-15)9-19-7-5-11(10-20)6-8-19/h1-4,11,20H,5-10H2. The van der Waals surface area contributed by atoms with Gasteiger partial charge >= 0.3 is 0 Å². The molecule has 1 aliphatic rings. The summed E-state index contributed by atoms with van der Waals surface area (Å²) in [7, 11) is 0. The highest BCUT2D eigenvalue weighted by Crippen LogP contribution is 2.21. The lowest BCUT2D eigenvalue weighted by molar-refractivity contribution is 0.121. The number of nitrogens with zero attached hydrogens (tertiary/aromatic N) is 3. The zero-order chi connectivity index (χ0) is 14.7. The largest absolute Gasteiger partial charge is 0.419 e. The van der Waals surface area contributed by atoms with Gasteiger partial charge in [0.05, 0.1) is 6.54 Å². The predicted molar refractivity (Wildman–Crippen MR) is 74.8 cm³/mol. The molecule has 0 aliphatic carbocycles. The summed E-state index contributed by atoms with van der Waals surface area (Å²) in [6, 6.07) is 6.00. The molecule has 1 aromatic heterocycles. The molecule has 1 aromatic carbocycles. The van der Waals surface area contributed by atoms with Crippen molar-refractivity contribution in [3.05, 3.63) is 36.0 Å². The van der Waals surface area contributed by atoms with E-state index in [9.17, 15) is 4.39 Å². The quantitative estimate of drug-likeness (QED) is 0.934. The molecule has 0 amide bonds. The minimum absolute atomic E-state index is 0.267. The fourth-order valence-corrected chi connectivity index (χ4v) is 2.55. The van der Waals surface area contributed by atoms with E-state index in [1.54, 1.807) is 12.1 Å². The molecule has 3 rings (SSSR count). The summed E-state index contributed by atoms with van der Waals surface area (Å²) >= 11 is 0. The van der Waals surface area contributed by atoms with Crippen LogP contribution in [0.3, 0.4) is 0 Å². The maximum Gasteiger partial charge on any atom is 0.247 e. The Bertz CT molecular complexity index is 577. The van der Waals surface area contributed by atoms with Gasteiger partial charge in [-0.1, -0.05) is 0 Å². The molecule has 0 unspecified atom stereocenters. The van der Waals surface area contributed by atoms with E-state index in [0.29, 0.717) is 29.8 Å². The summed E-state index contributed by atoms with van der Waals surface area (Å²) < 4.78 is 18.5. The van der Waals surface area contributed by atoms with Crippen LogP contribution in [-0.2, 0) is 6.54 Å². The van der Waals surface area contributed by atoms with Crippen LogP contribution in [0.4, 0.5) is 4.39 Å². The molecule has 1 aliphatic heterocycles. The molecule has 0 radical (unpaired) electrons. The monoisotopic (exact) mass is 291 g/mol. The molecule has 112 valence electrons. The molecule has 0 saturated carbocycles. The zero-order valence-corrected chi connectivity index (χ0v) is 11.7. The molecule has 6 heteroatoms. The third-order valence-corrected chi connectivity index (χ3v) is 3.88. The van der Waals surface area contributed by atoms with E-state index in [4.69, 9.17) is 9.52 Å². The van der Waals surface area contributed by atoms with Gasteiger partial charge in [0.1, 0.15) is 5.82 Å². The molecule has 0 bridgehead atoms. The van der Waals surface area contributed by atoms with Crippen molar-refractivity contribution in [2.45, 2.75) is 19.4 Å². The summed E-state index contributed by atoms with van der Waals surface area (Å²) in [5.74, 6) is 1.11. The molecular formula is C15H18FN3O2. The lowest BCUT2D eigenvalue weighted by Gasteiger charge is -2.29. The molecule has 21 heavy (non-hydrogen) atoms. The van der Waals surface area contributed by atoms with Gasteiger partial charge in [0, 0.05) is 12.2 Å². The Kier molecular flexibility index (Phi) is 4.26. The van der Waals surface area contributed by atoms with Gasteiger partial charge in [-0.2, -0.15) is 0 Å². The van der Waals surface area contributed by atoms with Crippen LogP contribution in [0.5, 0.6) is 0 Å². The first-order valence-electron chi connectivity index (χ1n) is 7.16. The number of rotatable bonds is 4. The number of hydrogen-bond acceptors (Lipinski definition) is 5. The molecule has 1 fully saturated rings. The number of halogens is 1. The average molecular weight is 291 g/mol. The molecule has 0 atom stereocenters. The van der Waals surface area contributed by atoms with Crippen molar-refractivity contribution in [2.75, 3.05) is 19.7 Å². The number of benzene rings is 1. The van der Waals surface area contributed by atoms with Crippen LogP contribution in [0.1, 0.15) is 18.7 Å². The number of aliphatic hydroxyl groups excluding tert-OH is 1. The first-order valence-corrected chi connectivity index (χ1v) is 7.16. The third kappa shape index (κ3) is 3.46. The van der Waals surface area contributed by atoms with E-state index >= 15 is 0 Å². The van der Waals surface area contributed by atoms with Gasteiger partial charge in [-0.15, -0.1) is 10.2 Å². The number of likely N-dealkylation sites (tertiary alicyclic amines) is 1. The second kappa shape index (κ2) is 6.32. The van der Waals surface area contributed by atoms with Crippen LogP contribution in [0.25, 0.3) is 11.5 Å². The maximum atomic E-state index is 12.9. The van der Waals surface area contributed by atoms with Crippen molar-refractivity contribution in [1.82, 2.24) is 15.1 Å². The molecular weight excluding hydrogens is 273 g/mol. The number of piperidine rings is 1. The van der Waals surface area contributed by atoms with Crippen molar-refractivity contribution in [1.29, 1.82) is 0 Å². The first kappa shape index (κ1) is 14.2. The highest BCUT2D eigenvalue weighted by Gasteiger charge is 2.20. The molecule has 1 saturated heterocycles. The SMILES string of the molecule is OCC1CCN(Cc2nnc(-c3ccc(F)cc3)o2)CC1. The Hall–Kier alpha value is -1.79. The van der Waals surface area contributed by atoms with Crippen molar-refractivity contribution < 1.29 is 13.9 Å². The fourth-order valence-electron chi connectivity index (χ4n) is 2.55. The van der Waals surface area contributed by atoms with Gasteiger partial charge in [0.15, 0.2) is 0 Å². The van der Waals surface area contributed by atoms with E-state index in [1.807, 2.05) is 0 Å². The lowest BCUT2D eigenvalue weighted by Crippen LogP contribution is -2.34. The van der Waals surface area contributed by atoms with Gasteiger partial charge in [0.25, 0.3) is 0 Å². The Morgan fingerprint density at radius 3 is 2.57 bits per heavy atom. The normalized spacial score (nSPS) is 17.2. The Balaban J connectivity index is 1.62. The Labute approximate surface area is 122 Å². The van der Waals surface area contributed by atoms with Gasteiger partial charge in [-0.25, -0.2) is 4.39 Å². The minimum Gasteiger partial charge on any atom is -0.419 e. The highest BCUT2D eigenvalue weighted by atomic mass is 19.1. The van der Waals surface area contributed by atoms with E-state index < -0.39 is 0 Å². The predicted octanol–water partition coefficient (Wildman–Crippen LogP) is 2.08. The average Bonchev–Trinajstić information content (AvgIpc) is 2.97. The van der Waals surface area contributed by atoms with Crippen molar-refractivity contribution in [3.8, 4) is 11.5 Å². The second-order valence-corrected chi connectivity index (χ2v) is 5.41. The van der Waals surface area contributed by atoms with E-state index in [2.05, 4.69) is 15.1 Å². The second-order valence-electron chi connectivity index (χ2n) is 5.41. The van der Waals surface area contributed by atoms with E-state index in [-0.39, 0.29) is 12.4 Å². The molecule has 1 N–H and O–H groups in total. The molecule has 2 aromatic rings. The smallest absolute Gasteiger partial charge is 0.247 e. The van der Waals surface area contributed by atoms with E-state index in [0.717, 1.165) is 25.9 Å². The number of hydrogen-bond donors (Lipinski definition) is 1. The van der Waals surface area contributed by atoms with Crippen LogP contribution in [0, 0.1) is 11.7 Å². The molecule has 2 heterocycles. The van der Waals surface area contributed by atoms with Crippen LogP contribution < -0.4 is 0 Å². The number of aromatic nitrogens is 2. The summed E-state index contributed by atoms with van der Waals surface area (Å²) in [5, 5.41) is 17.2. The summed E-state index contributed by atoms with van der Waals surface area (Å²) in [4.78, 5) is 2.24. The van der Waals surface area contributed by atoms with Gasteiger partial charge in [0.2, 0.25) is 11.8 Å². The van der Waals surface area contributed by atoms with Crippen LogP contribution in [-0.4, -0.2) is 39.9 Å². The van der Waals surface area contributed by atoms with Crippen molar-refractivity contribution >= 4 is 0 Å². The summed E-state index contributed by atoms with van der Waals surface area (Å²) in [6.07, 6.45) is 1.99. The van der Waals surface area contributed by atoms with Crippen molar-refractivity contribution in [2.24, 2.45) is 5.92 Å². The molecule has 0 spiro atoms. The van der Waals surface area contributed by atoms with Crippen molar-refractivity contribution in [3.63, 3.8) is 0 Å². The topological polar surface area (TPSA) is 62.4 Å². The Morgan fingerprint density at radius 2 is 1.90 bits per heavy atom. The third-order valence-electron chi connectivity index (χ3n) is 3.88. The number of aliphatic hydroxyl groups is 1. The first-order chi connectivity index (χ1) is 10.2. The fraction of sp³-hybridized carbons (Fsp3) is 0.467. The summed E-state index contributed by atoms with van der Waals surface area (Å²) in [5.41, 5.74) is 0.717. The lowest BCUT2D eigenvalue weighted by atomic mass is 9.98. The summed E-state index contributed by atoms with van der Waals surface area (Å²) in [6.45, 7) is 2.74. The zero-order valence-electron chi connectivity index (χ0n) is 11.7. The van der Waals surface area contributed by atoms with Gasteiger partial charge < -0.3 is 9.52 Å². The highest BCUT2D eigenvalue weighted by molar-refractivity contribution is 5.51. The molecule has 5 nitrogen and oxygen atoms in total. The van der Waals surface area contributed by atoms with E-state index in [1.165, 1.54) is 12.1 Å². The van der Waals surface area contributed by atoms with Crippen LogP contribution in [0.15, 0.2) is 28.7 Å². The van der Waals surface area contributed by atoms with Gasteiger partial charge in [-0.3, -0.25) is 4.90 Å². The van der Waals surface area contributed by atoms with Crippen LogP contribution in [0.2, 0.25) is 0 Å². The minimum atomic E-state index is -0.287.